The minimum absolute atomic E-state index is 0.0366. The number of carboxylic acid groups (broad SMARTS) is 1. The third-order valence-electron chi connectivity index (χ3n) is 2.96. The summed E-state index contributed by atoms with van der Waals surface area (Å²) in [6.07, 6.45) is 3.07. The van der Waals surface area contributed by atoms with Gasteiger partial charge >= 0.3 is 5.97 Å². The summed E-state index contributed by atoms with van der Waals surface area (Å²) in [5.74, 6) is -1.15. The number of carbonyl (C=O) groups is 1. The molecule has 0 amide bonds. The predicted octanol–water partition coefficient (Wildman–Crippen LogP) is 2.29. The van der Waals surface area contributed by atoms with Crippen LogP contribution in [-0.2, 0) is 10.0 Å². The summed E-state index contributed by atoms with van der Waals surface area (Å²) in [5, 5.41) is 12.3. The molecule has 0 bridgehead atoms. The summed E-state index contributed by atoms with van der Waals surface area (Å²) in [6, 6.07) is 4.09. The Morgan fingerprint density at radius 2 is 1.95 bits per heavy atom. The van der Waals surface area contributed by atoms with Gasteiger partial charge in [-0.05, 0) is 24.6 Å². The number of aromatic carboxylic acids is 1. The van der Waals surface area contributed by atoms with Crippen LogP contribution in [0.3, 0.4) is 0 Å². The molecule has 1 rings (SSSR count). The fourth-order valence-corrected chi connectivity index (χ4v) is 2.96. The monoisotopic (exact) mass is 314 g/mol. The van der Waals surface area contributed by atoms with E-state index in [9.17, 15) is 18.3 Å². The average Bonchev–Trinajstić information content (AvgIpc) is 2.43. The molecule has 1 aromatic rings. The Kier molecular flexibility index (Phi) is 6.64. The van der Waals surface area contributed by atoms with Gasteiger partial charge in [0.05, 0.1) is 10.5 Å². The molecule has 0 aliphatic rings. The quantitative estimate of drug-likeness (QED) is 0.608. The molecule has 0 fully saturated rings. The van der Waals surface area contributed by atoms with Crippen molar-refractivity contribution in [1.29, 1.82) is 0 Å². The number of benzene rings is 1. The smallest absolute Gasteiger partial charge is 0.337 e. The maximum atomic E-state index is 11.9. The molecule has 7 heteroatoms. The highest BCUT2D eigenvalue weighted by Crippen LogP contribution is 2.21. The van der Waals surface area contributed by atoms with Gasteiger partial charge < -0.3 is 10.4 Å². The van der Waals surface area contributed by atoms with Crippen LogP contribution in [0.5, 0.6) is 0 Å². The van der Waals surface area contributed by atoms with Crippen LogP contribution < -0.4 is 10.0 Å². The standard InChI is InChI=1S/C14H22N2O4S/c1-3-5-6-9-15-13-8-7-11(10-12(13)14(17)18)21(19,20)16-4-2/h7-8,10,15-16H,3-6,9H2,1-2H3,(H,17,18). The predicted molar refractivity (Wildman–Crippen MR) is 82.3 cm³/mol. The van der Waals surface area contributed by atoms with Crippen molar-refractivity contribution >= 4 is 21.7 Å². The van der Waals surface area contributed by atoms with Crippen LogP contribution in [0.25, 0.3) is 0 Å². The topological polar surface area (TPSA) is 95.5 Å². The lowest BCUT2D eigenvalue weighted by Gasteiger charge is -2.11. The van der Waals surface area contributed by atoms with Crippen molar-refractivity contribution in [3.05, 3.63) is 23.8 Å². The van der Waals surface area contributed by atoms with E-state index in [0.717, 1.165) is 19.3 Å². The lowest BCUT2D eigenvalue weighted by Crippen LogP contribution is -2.23. The Morgan fingerprint density at radius 3 is 2.52 bits per heavy atom. The van der Waals surface area contributed by atoms with Crippen molar-refractivity contribution in [2.45, 2.75) is 38.0 Å². The second-order valence-electron chi connectivity index (χ2n) is 4.65. The van der Waals surface area contributed by atoms with Gasteiger partial charge in [-0.1, -0.05) is 26.7 Å². The van der Waals surface area contributed by atoms with Crippen molar-refractivity contribution in [3.63, 3.8) is 0 Å². The van der Waals surface area contributed by atoms with E-state index < -0.39 is 16.0 Å². The molecule has 0 unspecified atom stereocenters. The van der Waals surface area contributed by atoms with Crippen molar-refractivity contribution < 1.29 is 18.3 Å². The molecule has 3 N–H and O–H groups in total. The van der Waals surface area contributed by atoms with Crippen LogP contribution in [-0.4, -0.2) is 32.6 Å². The molecule has 0 atom stereocenters. The van der Waals surface area contributed by atoms with Crippen molar-refractivity contribution in [2.75, 3.05) is 18.4 Å². The molecule has 21 heavy (non-hydrogen) atoms. The first-order chi connectivity index (χ1) is 9.92. The van der Waals surface area contributed by atoms with Crippen molar-refractivity contribution in [2.24, 2.45) is 0 Å². The van der Waals surface area contributed by atoms with Crippen LogP contribution in [0.2, 0.25) is 0 Å². The summed E-state index contributed by atoms with van der Waals surface area (Å²) in [5.41, 5.74) is 0.402. The Labute approximate surface area is 125 Å². The van der Waals surface area contributed by atoms with E-state index in [0.29, 0.717) is 12.2 Å². The van der Waals surface area contributed by atoms with Crippen LogP contribution >= 0.6 is 0 Å². The number of nitrogens with one attached hydrogen (secondary N) is 2. The Bertz CT molecular complexity index is 585. The summed E-state index contributed by atoms with van der Waals surface area (Å²) in [7, 11) is -3.65. The summed E-state index contributed by atoms with van der Waals surface area (Å²) in [4.78, 5) is 11.3. The highest BCUT2D eigenvalue weighted by Gasteiger charge is 2.18. The van der Waals surface area contributed by atoms with E-state index in [-0.39, 0.29) is 17.0 Å². The van der Waals surface area contributed by atoms with E-state index in [1.165, 1.54) is 18.2 Å². The number of hydrogen-bond acceptors (Lipinski definition) is 4. The maximum absolute atomic E-state index is 11.9. The van der Waals surface area contributed by atoms with Crippen molar-refractivity contribution in [3.8, 4) is 0 Å². The van der Waals surface area contributed by atoms with Gasteiger partial charge in [0, 0.05) is 18.8 Å². The minimum atomic E-state index is -3.65. The summed E-state index contributed by atoms with van der Waals surface area (Å²) >= 11 is 0. The number of unbranched alkanes of at least 4 members (excludes halogenated alkanes) is 2. The van der Waals surface area contributed by atoms with Crippen LogP contribution in [0, 0.1) is 0 Å². The Morgan fingerprint density at radius 1 is 1.24 bits per heavy atom. The molecule has 0 aromatic heterocycles. The average molecular weight is 314 g/mol. The van der Waals surface area contributed by atoms with Gasteiger partial charge in [0.1, 0.15) is 0 Å². The zero-order valence-corrected chi connectivity index (χ0v) is 13.2. The molecule has 0 heterocycles. The zero-order valence-electron chi connectivity index (χ0n) is 12.3. The van der Waals surface area contributed by atoms with Gasteiger partial charge in [-0.3, -0.25) is 0 Å². The summed E-state index contributed by atoms with van der Waals surface area (Å²) in [6.45, 7) is 4.66. The third-order valence-corrected chi connectivity index (χ3v) is 4.51. The lowest BCUT2D eigenvalue weighted by atomic mass is 10.1. The van der Waals surface area contributed by atoms with Gasteiger partial charge in [0.25, 0.3) is 0 Å². The second kappa shape index (κ2) is 7.99. The highest BCUT2D eigenvalue weighted by molar-refractivity contribution is 7.89. The number of sulfonamides is 1. The molecule has 1 aromatic carbocycles. The van der Waals surface area contributed by atoms with E-state index >= 15 is 0 Å². The van der Waals surface area contributed by atoms with Gasteiger partial charge in [-0.15, -0.1) is 0 Å². The molecule has 0 spiro atoms. The fraction of sp³-hybridized carbons (Fsp3) is 0.500. The first kappa shape index (κ1) is 17.5. The fourth-order valence-electron chi connectivity index (χ4n) is 1.89. The number of carboxylic acids is 1. The van der Waals surface area contributed by atoms with Gasteiger partial charge in [0.15, 0.2) is 0 Å². The molecule has 0 aliphatic carbocycles. The number of rotatable bonds is 9. The van der Waals surface area contributed by atoms with Gasteiger partial charge in [-0.25, -0.2) is 17.9 Å². The maximum Gasteiger partial charge on any atom is 0.337 e. The Balaban J connectivity index is 3.00. The van der Waals surface area contributed by atoms with Crippen molar-refractivity contribution in [1.82, 2.24) is 4.72 Å². The number of anilines is 1. The molecular weight excluding hydrogens is 292 g/mol. The Hall–Kier alpha value is -1.60. The molecule has 0 radical (unpaired) electrons. The minimum Gasteiger partial charge on any atom is -0.478 e. The van der Waals surface area contributed by atoms with E-state index in [1.807, 2.05) is 0 Å². The highest BCUT2D eigenvalue weighted by atomic mass is 32.2. The van der Waals surface area contributed by atoms with Gasteiger partial charge in [0.2, 0.25) is 10.0 Å². The first-order valence-electron chi connectivity index (χ1n) is 7.03. The summed E-state index contributed by atoms with van der Waals surface area (Å²) < 4.78 is 26.1. The van der Waals surface area contributed by atoms with Crippen LogP contribution in [0.1, 0.15) is 43.5 Å². The molecule has 118 valence electrons. The van der Waals surface area contributed by atoms with E-state index in [2.05, 4.69) is 17.0 Å². The normalized spacial score (nSPS) is 11.3. The van der Waals surface area contributed by atoms with Gasteiger partial charge in [-0.2, -0.15) is 0 Å². The first-order valence-corrected chi connectivity index (χ1v) is 8.51. The zero-order chi connectivity index (χ0) is 15.9. The molecule has 0 aliphatic heterocycles. The van der Waals surface area contributed by atoms with Crippen LogP contribution in [0.4, 0.5) is 5.69 Å². The third kappa shape index (κ3) is 5.02. The number of hydrogen-bond donors (Lipinski definition) is 3. The second-order valence-corrected chi connectivity index (χ2v) is 6.41. The molecule has 0 saturated heterocycles. The van der Waals surface area contributed by atoms with Crippen LogP contribution in [0.15, 0.2) is 23.1 Å². The SMILES string of the molecule is CCCCCNc1ccc(S(=O)(=O)NCC)cc1C(=O)O. The largest absolute Gasteiger partial charge is 0.478 e. The molecular formula is C14H22N2O4S. The molecule has 6 nitrogen and oxygen atoms in total. The molecule has 0 saturated carbocycles. The van der Waals surface area contributed by atoms with E-state index in [1.54, 1.807) is 6.92 Å². The lowest BCUT2D eigenvalue weighted by molar-refractivity contribution is 0.0697. The van der Waals surface area contributed by atoms with E-state index in [4.69, 9.17) is 0 Å².